The third kappa shape index (κ3) is 10.9. The number of nitrogens with two attached hydrogens (primary N) is 1. The number of hydrogen-bond donors (Lipinski definition) is 3. The minimum absolute atomic E-state index is 0. The van der Waals surface area contributed by atoms with Crippen molar-refractivity contribution in [1.29, 1.82) is 0 Å². The van der Waals surface area contributed by atoms with Crippen LogP contribution in [0.4, 0.5) is 0 Å². The first kappa shape index (κ1) is 32.0. The van der Waals surface area contributed by atoms with Crippen molar-refractivity contribution in [1.82, 2.24) is 4.90 Å². The fraction of sp³-hybridized carbons (Fsp3) is 0.913. The molecule has 0 heterocycles. The van der Waals surface area contributed by atoms with E-state index in [9.17, 15) is 19.8 Å². The van der Waals surface area contributed by atoms with Gasteiger partial charge >= 0.3 is 41.5 Å². The normalized spacial score (nSPS) is 15.3. The van der Waals surface area contributed by atoms with Crippen molar-refractivity contribution < 1.29 is 19.8 Å². The first-order valence-electron chi connectivity index (χ1n) is 11.8. The second kappa shape index (κ2) is 18.4. The number of hydrogen-bond acceptors (Lipinski definition) is 4. The van der Waals surface area contributed by atoms with E-state index in [1.54, 1.807) is 0 Å². The van der Waals surface area contributed by atoms with Crippen LogP contribution in [0, 0.1) is 5.92 Å². The Hall–Kier alpha value is -0.140. The molecule has 0 aromatic carbocycles. The molecular weight excluding hydrogens is 391 g/mol. The van der Waals surface area contributed by atoms with E-state index in [0.29, 0.717) is 25.9 Å². The number of carbonyl (C=O) groups is 2. The zero-order chi connectivity index (χ0) is 22.3. The van der Waals surface area contributed by atoms with E-state index in [4.69, 9.17) is 5.73 Å². The second-order valence-corrected chi connectivity index (χ2v) is 8.29. The monoisotopic (exact) mass is 438 g/mol. The van der Waals surface area contributed by atoms with Crippen LogP contribution < -0.4 is 5.73 Å². The molecule has 30 heavy (non-hydrogen) atoms. The molecule has 0 aromatic rings. The Kier molecular flexibility index (Phi) is 19.7. The zero-order valence-corrected chi connectivity index (χ0v) is 19.3. The van der Waals surface area contributed by atoms with Crippen molar-refractivity contribution in [3.8, 4) is 0 Å². The van der Waals surface area contributed by atoms with Gasteiger partial charge in [0.1, 0.15) is 11.5 Å². The summed E-state index contributed by atoms with van der Waals surface area (Å²) in [7, 11) is 0. The van der Waals surface area contributed by atoms with Gasteiger partial charge in [-0.2, -0.15) is 0 Å². The van der Waals surface area contributed by atoms with Gasteiger partial charge < -0.3 is 15.9 Å². The average Bonchev–Trinajstić information content (AvgIpc) is 2.68. The summed E-state index contributed by atoms with van der Waals surface area (Å²) in [5, 5.41) is 19.8. The predicted molar refractivity (Wildman–Crippen MR) is 126 cm³/mol. The summed E-state index contributed by atoms with van der Waals surface area (Å²) in [4.78, 5) is 26.2. The van der Waals surface area contributed by atoms with E-state index in [-0.39, 0.29) is 42.0 Å². The van der Waals surface area contributed by atoms with Crippen molar-refractivity contribution in [3.05, 3.63) is 0 Å². The summed E-state index contributed by atoms with van der Waals surface area (Å²) in [6.45, 7) is 9.40. The molecule has 0 rings (SSSR count). The van der Waals surface area contributed by atoms with E-state index >= 15 is 0 Å². The fourth-order valence-corrected chi connectivity index (χ4v) is 4.43. The predicted octanol–water partition coefficient (Wildman–Crippen LogP) is 4.25. The third-order valence-corrected chi connectivity index (χ3v) is 6.25. The van der Waals surface area contributed by atoms with Crippen LogP contribution in [0.15, 0.2) is 0 Å². The van der Waals surface area contributed by atoms with Crippen molar-refractivity contribution >= 4 is 41.5 Å². The van der Waals surface area contributed by atoms with Crippen molar-refractivity contribution in [3.63, 3.8) is 0 Å². The van der Waals surface area contributed by atoms with Crippen LogP contribution in [0.3, 0.4) is 0 Å². The molecule has 0 spiro atoms. The number of carboxylic acid groups (broad SMARTS) is 2. The Morgan fingerprint density at radius 2 is 1.27 bits per heavy atom. The van der Waals surface area contributed by atoms with Gasteiger partial charge in [0.15, 0.2) is 0 Å². The number of aliphatic carboxylic acids is 2. The van der Waals surface area contributed by atoms with Crippen LogP contribution >= 0.6 is 0 Å². The SMILES string of the molecule is CCCCCCCCCCCCC(N)(C(=O)O)C(C(=O)O)C(CC)N(CC)CC.[NaH]. The zero-order valence-electron chi connectivity index (χ0n) is 19.3. The summed E-state index contributed by atoms with van der Waals surface area (Å²) in [6.07, 6.45) is 12.2. The Balaban J connectivity index is 0. The second-order valence-electron chi connectivity index (χ2n) is 8.29. The molecule has 0 amide bonds. The van der Waals surface area contributed by atoms with Crippen LogP contribution in [-0.4, -0.2) is 81.3 Å². The van der Waals surface area contributed by atoms with Crippen LogP contribution in [0.25, 0.3) is 0 Å². The number of unbranched alkanes of at least 4 members (excludes halogenated alkanes) is 9. The van der Waals surface area contributed by atoms with Crippen molar-refractivity contribution in [2.75, 3.05) is 13.1 Å². The number of nitrogens with zero attached hydrogens (tertiary/aromatic N) is 1. The van der Waals surface area contributed by atoms with E-state index in [1.165, 1.54) is 38.5 Å². The number of rotatable bonds is 19. The molecule has 6 nitrogen and oxygen atoms in total. The molecule has 0 saturated heterocycles. The van der Waals surface area contributed by atoms with Gasteiger partial charge in [-0.05, 0) is 25.9 Å². The van der Waals surface area contributed by atoms with Crippen LogP contribution in [0.2, 0.25) is 0 Å². The van der Waals surface area contributed by atoms with Gasteiger partial charge in [-0.15, -0.1) is 0 Å². The molecule has 4 N–H and O–H groups in total. The number of carboxylic acids is 2. The molecule has 0 saturated carbocycles. The van der Waals surface area contributed by atoms with Crippen molar-refractivity contribution in [2.24, 2.45) is 11.7 Å². The van der Waals surface area contributed by atoms with Gasteiger partial charge in [-0.3, -0.25) is 14.5 Å². The maximum absolute atomic E-state index is 12.1. The maximum atomic E-state index is 12.1. The van der Waals surface area contributed by atoms with Crippen LogP contribution in [-0.2, 0) is 9.59 Å². The molecule has 0 aliphatic carbocycles. The van der Waals surface area contributed by atoms with Crippen LogP contribution in [0.5, 0.6) is 0 Å². The molecule has 0 aliphatic rings. The standard InChI is InChI=1S/C23H46N2O4.Na.H/c1-5-9-10-11-12-13-14-15-16-17-18-23(24,22(28)29)20(21(26)27)19(6-2)25(7-3)8-4;;/h19-20H,5-18,24H2,1-4H3,(H,26,27)(H,28,29);;. The summed E-state index contributed by atoms with van der Waals surface area (Å²) in [5.41, 5.74) is 4.57. The summed E-state index contributed by atoms with van der Waals surface area (Å²) < 4.78 is 0. The topological polar surface area (TPSA) is 104 Å². The van der Waals surface area contributed by atoms with E-state index < -0.39 is 23.4 Å². The van der Waals surface area contributed by atoms with Gasteiger partial charge in [0.05, 0.1) is 0 Å². The van der Waals surface area contributed by atoms with Crippen LogP contribution in [0.1, 0.15) is 105 Å². The van der Waals surface area contributed by atoms with Gasteiger partial charge in [0.25, 0.3) is 0 Å². The molecule has 3 unspecified atom stereocenters. The fourth-order valence-electron chi connectivity index (χ4n) is 4.43. The van der Waals surface area contributed by atoms with Gasteiger partial charge in [0, 0.05) is 6.04 Å². The molecule has 0 fully saturated rings. The first-order valence-corrected chi connectivity index (χ1v) is 11.8. The molecular formula is C23H47N2NaO4. The molecule has 7 heteroatoms. The molecule has 3 atom stereocenters. The summed E-state index contributed by atoms with van der Waals surface area (Å²) >= 11 is 0. The Bertz CT molecular complexity index is 460. The quantitative estimate of drug-likeness (QED) is 0.206. The van der Waals surface area contributed by atoms with E-state index in [1.807, 2.05) is 25.7 Å². The summed E-state index contributed by atoms with van der Waals surface area (Å²) in [6, 6.07) is -0.383. The molecule has 0 radical (unpaired) electrons. The van der Waals surface area contributed by atoms with Gasteiger partial charge in [-0.25, -0.2) is 0 Å². The molecule has 174 valence electrons. The molecule has 0 aromatic heterocycles. The van der Waals surface area contributed by atoms with E-state index in [0.717, 1.165) is 19.3 Å². The average molecular weight is 439 g/mol. The van der Waals surface area contributed by atoms with Gasteiger partial charge in [-0.1, -0.05) is 91.9 Å². The molecule has 0 bridgehead atoms. The van der Waals surface area contributed by atoms with E-state index in [2.05, 4.69) is 6.92 Å². The Morgan fingerprint density at radius 1 is 0.833 bits per heavy atom. The minimum atomic E-state index is -1.74. The third-order valence-electron chi connectivity index (χ3n) is 6.25. The Morgan fingerprint density at radius 3 is 1.60 bits per heavy atom. The van der Waals surface area contributed by atoms with Crippen molar-refractivity contribution in [2.45, 2.75) is 116 Å². The Labute approximate surface area is 206 Å². The molecule has 0 aliphatic heterocycles. The van der Waals surface area contributed by atoms with Gasteiger partial charge in [0.2, 0.25) is 0 Å². The first-order chi connectivity index (χ1) is 13.8. The summed E-state index contributed by atoms with van der Waals surface area (Å²) in [5.74, 6) is -3.43.